The number of nitrogens with zero attached hydrogens (tertiary/aromatic N) is 3. The molecule has 0 atom stereocenters. The van der Waals surface area contributed by atoms with Crippen LogP contribution in [0.25, 0.3) is 0 Å². The average molecular weight is 408 g/mol. The third-order valence-corrected chi connectivity index (χ3v) is 4.61. The molecule has 0 spiro atoms. The summed E-state index contributed by atoms with van der Waals surface area (Å²) in [6.07, 6.45) is 0.179. The van der Waals surface area contributed by atoms with Gasteiger partial charge in [-0.05, 0) is 19.4 Å². The van der Waals surface area contributed by atoms with Crippen molar-refractivity contribution in [3.8, 4) is 11.5 Å². The van der Waals surface area contributed by atoms with Crippen LogP contribution < -0.4 is 14.8 Å². The molecule has 1 fully saturated rings. The molecule has 1 aliphatic heterocycles. The molecule has 11 nitrogen and oxygen atoms in total. The van der Waals surface area contributed by atoms with E-state index in [4.69, 9.17) is 9.47 Å². The van der Waals surface area contributed by atoms with Crippen molar-refractivity contribution in [1.82, 2.24) is 15.1 Å². The first-order valence-corrected chi connectivity index (χ1v) is 9.06. The second-order valence-corrected chi connectivity index (χ2v) is 6.30. The first-order chi connectivity index (χ1) is 13.8. The number of ether oxygens (including phenoxy) is 2. The highest BCUT2D eigenvalue weighted by atomic mass is 16.6. The summed E-state index contributed by atoms with van der Waals surface area (Å²) in [6, 6.07) is 2.77. The fourth-order valence-electron chi connectivity index (χ4n) is 3.01. The highest BCUT2D eigenvalue weighted by molar-refractivity contribution is 6.35. The molecular weight excluding hydrogens is 384 g/mol. The number of nitro benzene ring substituents is 1. The van der Waals surface area contributed by atoms with Gasteiger partial charge in [0.05, 0.1) is 25.2 Å². The molecule has 11 heteroatoms. The third kappa shape index (κ3) is 5.12. The van der Waals surface area contributed by atoms with E-state index in [0.717, 1.165) is 0 Å². The zero-order valence-electron chi connectivity index (χ0n) is 16.6. The normalized spacial score (nSPS) is 14.0. The number of hydrogen-bond acceptors (Lipinski definition) is 7. The van der Waals surface area contributed by atoms with Crippen molar-refractivity contribution in [2.45, 2.75) is 13.3 Å². The first kappa shape index (κ1) is 21.9. The number of piperazine rings is 1. The van der Waals surface area contributed by atoms with Crippen LogP contribution in [0.5, 0.6) is 11.5 Å². The maximum absolute atomic E-state index is 12.1. The van der Waals surface area contributed by atoms with Gasteiger partial charge in [-0.25, -0.2) is 0 Å². The van der Waals surface area contributed by atoms with Crippen LogP contribution in [0.1, 0.15) is 12.5 Å². The van der Waals surface area contributed by atoms with Crippen molar-refractivity contribution >= 4 is 23.4 Å². The number of methoxy groups -OCH3 is 2. The van der Waals surface area contributed by atoms with Gasteiger partial charge in [-0.3, -0.25) is 24.5 Å². The molecule has 0 radical (unpaired) electrons. The van der Waals surface area contributed by atoms with Crippen molar-refractivity contribution in [3.63, 3.8) is 0 Å². The zero-order chi connectivity index (χ0) is 21.6. The minimum atomic E-state index is -0.705. The van der Waals surface area contributed by atoms with Gasteiger partial charge in [-0.1, -0.05) is 0 Å². The quantitative estimate of drug-likeness (QED) is 0.345. The molecule has 1 heterocycles. The Hall–Kier alpha value is -3.37. The van der Waals surface area contributed by atoms with Gasteiger partial charge in [0.2, 0.25) is 5.91 Å². The van der Waals surface area contributed by atoms with Crippen molar-refractivity contribution in [1.29, 1.82) is 0 Å². The SMILES string of the molecule is CCN1CCN(CC(=O)NCCc2cc(OC)c(OC)cc2[N+](=O)[O-])C(=O)C1=O. The van der Waals surface area contributed by atoms with Crippen molar-refractivity contribution in [2.75, 3.05) is 46.9 Å². The molecule has 0 aliphatic carbocycles. The molecule has 1 saturated heterocycles. The van der Waals surface area contributed by atoms with Crippen LogP contribution in [0.4, 0.5) is 5.69 Å². The average Bonchev–Trinajstić information content (AvgIpc) is 2.71. The van der Waals surface area contributed by atoms with Gasteiger partial charge >= 0.3 is 11.8 Å². The molecule has 1 aliphatic rings. The summed E-state index contributed by atoms with van der Waals surface area (Å²) >= 11 is 0. The molecule has 0 bridgehead atoms. The minimum absolute atomic E-state index is 0.117. The van der Waals surface area contributed by atoms with E-state index in [1.807, 2.05) is 0 Å². The van der Waals surface area contributed by atoms with E-state index in [-0.39, 0.29) is 37.5 Å². The number of carbonyl (C=O) groups excluding carboxylic acids is 3. The number of benzene rings is 1. The largest absolute Gasteiger partial charge is 0.493 e. The van der Waals surface area contributed by atoms with E-state index in [1.165, 1.54) is 36.2 Å². The summed E-state index contributed by atoms with van der Waals surface area (Å²) in [5, 5.41) is 13.9. The molecule has 0 aromatic heterocycles. The molecule has 3 amide bonds. The van der Waals surface area contributed by atoms with Crippen LogP contribution in [0, 0.1) is 10.1 Å². The number of rotatable bonds is 9. The Morgan fingerprint density at radius 3 is 2.31 bits per heavy atom. The van der Waals surface area contributed by atoms with E-state index < -0.39 is 22.6 Å². The minimum Gasteiger partial charge on any atom is -0.493 e. The van der Waals surface area contributed by atoms with Gasteiger partial charge < -0.3 is 24.6 Å². The number of nitro groups is 1. The van der Waals surface area contributed by atoms with Crippen LogP contribution in [0.3, 0.4) is 0 Å². The van der Waals surface area contributed by atoms with Crippen LogP contribution in [0.2, 0.25) is 0 Å². The summed E-state index contributed by atoms with van der Waals surface area (Å²) in [5.74, 6) is -1.19. The van der Waals surface area contributed by atoms with Crippen molar-refractivity contribution in [2.24, 2.45) is 0 Å². The zero-order valence-corrected chi connectivity index (χ0v) is 16.6. The molecule has 2 rings (SSSR count). The second-order valence-electron chi connectivity index (χ2n) is 6.30. The van der Waals surface area contributed by atoms with E-state index in [1.54, 1.807) is 6.92 Å². The maximum Gasteiger partial charge on any atom is 0.312 e. The highest BCUT2D eigenvalue weighted by Crippen LogP contribution is 2.34. The Bertz CT molecular complexity index is 812. The Morgan fingerprint density at radius 2 is 1.72 bits per heavy atom. The Kier molecular flexibility index (Phi) is 7.34. The van der Waals surface area contributed by atoms with Gasteiger partial charge in [0.1, 0.15) is 6.54 Å². The molecule has 158 valence electrons. The van der Waals surface area contributed by atoms with Crippen molar-refractivity contribution in [3.05, 3.63) is 27.8 Å². The van der Waals surface area contributed by atoms with Gasteiger partial charge in [-0.2, -0.15) is 0 Å². The number of carbonyl (C=O) groups is 3. The lowest BCUT2D eigenvalue weighted by molar-refractivity contribution is -0.385. The fraction of sp³-hybridized carbons (Fsp3) is 0.500. The molecule has 29 heavy (non-hydrogen) atoms. The summed E-state index contributed by atoms with van der Waals surface area (Å²) in [5.41, 5.74) is 0.226. The van der Waals surface area contributed by atoms with Gasteiger partial charge in [0, 0.05) is 31.7 Å². The van der Waals surface area contributed by atoms with Gasteiger partial charge in [-0.15, -0.1) is 0 Å². The summed E-state index contributed by atoms with van der Waals surface area (Å²) in [4.78, 5) is 49.4. The Labute approximate surface area is 167 Å². The molecule has 1 aromatic rings. The van der Waals surface area contributed by atoms with Crippen molar-refractivity contribution < 1.29 is 28.8 Å². The predicted octanol–water partition coefficient (Wildman–Crippen LogP) is -0.0386. The summed E-state index contributed by atoms with van der Waals surface area (Å²) < 4.78 is 10.2. The fourth-order valence-corrected chi connectivity index (χ4v) is 3.01. The van der Waals surface area contributed by atoms with Crippen LogP contribution in [-0.2, 0) is 20.8 Å². The number of amides is 3. The number of likely N-dealkylation sites (N-methyl/N-ethyl adjacent to an activating group) is 1. The van der Waals surface area contributed by atoms with Gasteiger partial charge in [0.25, 0.3) is 5.69 Å². The lowest BCUT2D eigenvalue weighted by atomic mass is 10.1. The maximum atomic E-state index is 12.1. The highest BCUT2D eigenvalue weighted by Gasteiger charge is 2.32. The Balaban J connectivity index is 1.96. The third-order valence-electron chi connectivity index (χ3n) is 4.61. The molecule has 1 aromatic carbocycles. The number of nitrogens with one attached hydrogen (secondary N) is 1. The monoisotopic (exact) mass is 408 g/mol. The Morgan fingerprint density at radius 1 is 1.14 bits per heavy atom. The van der Waals surface area contributed by atoms with E-state index in [0.29, 0.717) is 24.4 Å². The first-order valence-electron chi connectivity index (χ1n) is 9.06. The predicted molar refractivity (Wildman–Crippen MR) is 102 cm³/mol. The molecule has 1 N–H and O–H groups in total. The van der Waals surface area contributed by atoms with E-state index in [2.05, 4.69) is 5.32 Å². The molecule has 0 unspecified atom stereocenters. The summed E-state index contributed by atoms with van der Waals surface area (Å²) in [6.45, 7) is 2.76. The van der Waals surface area contributed by atoms with E-state index in [9.17, 15) is 24.5 Å². The smallest absolute Gasteiger partial charge is 0.312 e. The lowest BCUT2D eigenvalue weighted by Gasteiger charge is -2.32. The van der Waals surface area contributed by atoms with Crippen LogP contribution >= 0.6 is 0 Å². The van der Waals surface area contributed by atoms with Gasteiger partial charge in [0.15, 0.2) is 11.5 Å². The second kappa shape index (κ2) is 9.71. The van der Waals surface area contributed by atoms with E-state index >= 15 is 0 Å². The van der Waals surface area contributed by atoms with Crippen LogP contribution in [-0.4, -0.2) is 79.4 Å². The van der Waals surface area contributed by atoms with Crippen LogP contribution in [0.15, 0.2) is 12.1 Å². The lowest BCUT2D eigenvalue weighted by Crippen LogP contribution is -2.56. The standard InChI is InChI=1S/C18H24N4O7/c1-4-20-7-8-21(18(25)17(20)24)11-16(23)19-6-5-12-9-14(28-2)15(29-3)10-13(12)22(26)27/h9-10H,4-8,11H2,1-3H3,(H,19,23). The molecule has 0 saturated carbocycles. The topological polar surface area (TPSA) is 131 Å². The molecular formula is C18H24N4O7. The summed E-state index contributed by atoms with van der Waals surface area (Å²) in [7, 11) is 2.81. The number of hydrogen-bond donors (Lipinski definition) is 1.